The van der Waals surface area contributed by atoms with E-state index in [4.69, 9.17) is 16.6 Å². The molecule has 0 saturated carbocycles. The number of anilines is 1. The highest BCUT2D eigenvalue weighted by atomic mass is 35.5. The molecule has 6 heteroatoms. The molecule has 35 heavy (non-hydrogen) atoms. The van der Waals surface area contributed by atoms with Crippen molar-refractivity contribution in [3.05, 3.63) is 47.5 Å². The highest BCUT2D eigenvalue weighted by molar-refractivity contribution is 6.33. The van der Waals surface area contributed by atoms with Crippen LogP contribution in [0.2, 0.25) is 5.02 Å². The largest absolute Gasteiger partial charge is 0.369 e. The van der Waals surface area contributed by atoms with Crippen molar-refractivity contribution in [2.24, 2.45) is 7.05 Å². The second-order valence-corrected chi connectivity index (χ2v) is 9.74. The molecule has 0 bridgehead atoms. The lowest BCUT2D eigenvalue weighted by atomic mass is 10.1. The van der Waals surface area contributed by atoms with E-state index < -0.39 is 0 Å². The Hall–Kier alpha value is -2.08. The van der Waals surface area contributed by atoms with E-state index in [0.29, 0.717) is 0 Å². The summed E-state index contributed by atoms with van der Waals surface area (Å²) in [6, 6.07) is 14.5. The number of hydrogen-bond donors (Lipinski definition) is 1. The van der Waals surface area contributed by atoms with Crippen molar-refractivity contribution in [3.63, 3.8) is 0 Å². The molecule has 2 heterocycles. The molecule has 0 atom stereocenters. The molecule has 0 spiro atoms. The average Bonchev–Trinajstić information content (AvgIpc) is 3.21. The standard InChI is InChI=1S/C20H23ClN4.C9H20.H3N/c1-3-24-10-12-25(13-11-24)15-8-9-17(21)16(14-15)20-22-18-6-4-5-7-19(18)23(20)2;1-3-5-7-9-8-6-4-2;/h4-9,14H,3,10-13H2,1-2H3;3-9H2,1-2H3;1H3. The maximum atomic E-state index is 6.53. The van der Waals surface area contributed by atoms with Gasteiger partial charge in [0.1, 0.15) is 5.82 Å². The normalized spacial score (nSPS) is 13.9. The maximum Gasteiger partial charge on any atom is 0.142 e. The monoisotopic (exact) mass is 499 g/mol. The first kappa shape index (κ1) is 29.2. The Morgan fingerprint density at radius 3 is 2.06 bits per heavy atom. The van der Waals surface area contributed by atoms with E-state index in [1.54, 1.807) is 0 Å². The third-order valence-corrected chi connectivity index (χ3v) is 7.20. The van der Waals surface area contributed by atoms with Crippen LogP contribution in [0.4, 0.5) is 5.69 Å². The Kier molecular flexibility index (Phi) is 12.6. The summed E-state index contributed by atoms with van der Waals surface area (Å²) in [5, 5.41) is 0.745. The van der Waals surface area contributed by atoms with Crippen LogP contribution in [0.5, 0.6) is 0 Å². The molecule has 5 nitrogen and oxygen atoms in total. The quantitative estimate of drug-likeness (QED) is 0.303. The number of nitrogens with zero attached hydrogens (tertiary/aromatic N) is 4. The van der Waals surface area contributed by atoms with Crippen LogP contribution in [-0.4, -0.2) is 47.2 Å². The fraction of sp³-hybridized carbons (Fsp3) is 0.552. The Morgan fingerprint density at radius 2 is 1.46 bits per heavy atom. The summed E-state index contributed by atoms with van der Waals surface area (Å²) in [5.74, 6) is 0.917. The van der Waals surface area contributed by atoms with Crippen molar-refractivity contribution >= 4 is 28.3 Å². The summed E-state index contributed by atoms with van der Waals surface area (Å²) in [6.07, 6.45) is 9.97. The number of rotatable bonds is 9. The zero-order chi connectivity index (χ0) is 24.3. The number of para-hydroxylation sites is 2. The summed E-state index contributed by atoms with van der Waals surface area (Å²) in [5.41, 5.74) is 4.34. The van der Waals surface area contributed by atoms with Gasteiger partial charge in [0, 0.05) is 44.5 Å². The van der Waals surface area contributed by atoms with E-state index in [2.05, 4.69) is 53.3 Å². The summed E-state index contributed by atoms with van der Waals surface area (Å²) in [4.78, 5) is 9.73. The Balaban J connectivity index is 0.000000373. The lowest BCUT2D eigenvalue weighted by molar-refractivity contribution is 0.271. The van der Waals surface area contributed by atoms with Crippen LogP contribution >= 0.6 is 11.6 Å². The van der Waals surface area contributed by atoms with Gasteiger partial charge in [-0.05, 0) is 36.9 Å². The first-order valence-corrected chi connectivity index (χ1v) is 13.7. The van der Waals surface area contributed by atoms with Gasteiger partial charge in [0.25, 0.3) is 0 Å². The van der Waals surface area contributed by atoms with Crippen LogP contribution in [0.15, 0.2) is 42.5 Å². The Morgan fingerprint density at radius 1 is 0.829 bits per heavy atom. The first-order valence-electron chi connectivity index (χ1n) is 13.3. The lowest BCUT2D eigenvalue weighted by Crippen LogP contribution is -2.46. The predicted octanol–water partition coefficient (Wildman–Crippen LogP) is 7.95. The summed E-state index contributed by atoms with van der Waals surface area (Å²) >= 11 is 6.53. The average molecular weight is 500 g/mol. The third-order valence-electron chi connectivity index (χ3n) is 6.87. The number of aromatic nitrogens is 2. The minimum Gasteiger partial charge on any atom is -0.369 e. The Bertz CT molecular complexity index is 1000. The molecule has 1 fully saturated rings. The van der Waals surface area contributed by atoms with E-state index >= 15 is 0 Å². The molecule has 1 aliphatic rings. The zero-order valence-corrected chi connectivity index (χ0v) is 23.2. The van der Waals surface area contributed by atoms with Crippen molar-refractivity contribution in [1.82, 2.24) is 20.6 Å². The molecule has 4 rings (SSSR count). The van der Waals surface area contributed by atoms with E-state index in [1.807, 2.05) is 31.3 Å². The number of benzene rings is 2. The third kappa shape index (κ3) is 7.96. The second kappa shape index (κ2) is 15.1. The number of imidazole rings is 1. The molecule has 0 amide bonds. The predicted molar refractivity (Wildman–Crippen MR) is 154 cm³/mol. The minimum atomic E-state index is 0. The number of unbranched alkanes of at least 4 members (excludes halogenated alkanes) is 6. The van der Waals surface area contributed by atoms with E-state index in [9.17, 15) is 0 Å². The molecule has 0 unspecified atom stereocenters. The van der Waals surface area contributed by atoms with Crippen molar-refractivity contribution in [1.29, 1.82) is 0 Å². The molecular weight excluding hydrogens is 454 g/mol. The zero-order valence-electron chi connectivity index (χ0n) is 22.4. The maximum absolute atomic E-state index is 6.53. The molecule has 1 aliphatic heterocycles. The van der Waals surface area contributed by atoms with Gasteiger partial charge in [-0.3, -0.25) is 0 Å². The number of aryl methyl sites for hydroxylation is 1. The fourth-order valence-electron chi connectivity index (χ4n) is 4.62. The van der Waals surface area contributed by atoms with Crippen molar-refractivity contribution in [2.45, 2.75) is 65.7 Å². The van der Waals surface area contributed by atoms with Gasteiger partial charge in [-0.2, -0.15) is 0 Å². The topological polar surface area (TPSA) is 59.3 Å². The summed E-state index contributed by atoms with van der Waals surface area (Å²) in [6.45, 7) is 12.2. The van der Waals surface area contributed by atoms with Crippen LogP contribution < -0.4 is 11.1 Å². The lowest BCUT2D eigenvalue weighted by Gasteiger charge is -2.35. The molecular formula is C29H46ClN5. The highest BCUT2D eigenvalue weighted by Crippen LogP contribution is 2.33. The van der Waals surface area contributed by atoms with Gasteiger partial charge in [0.2, 0.25) is 0 Å². The van der Waals surface area contributed by atoms with Gasteiger partial charge < -0.3 is 20.5 Å². The van der Waals surface area contributed by atoms with Gasteiger partial charge in [0.05, 0.1) is 16.1 Å². The minimum absolute atomic E-state index is 0. The van der Waals surface area contributed by atoms with Gasteiger partial charge in [-0.25, -0.2) is 4.98 Å². The SMILES string of the molecule is CCCCCCCCC.CCN1CCN(c2ccc(Cl)c(-c3nc4ccccc4n3C)c2)CC1.N. The molecule has 0 aliphatic carbocycles. The van der Waals surface area contributed by atoms with Gasteiger partial charge in [-0.1, -0.05) is 89.5 Å². The van der Waals surface area contributed by atoms with Crippen molar-refractivity contribution in [3.8, 4) is 11.4 Å². The first-order chi connectivity index (χ1) is 16.6. The fourth-order valence-corrected chi connectivity index (χ4v) is 4.82. The van der Waals surface area contributed by atoms with Crippen molar-refractivity contribution < 1.29 is 0 Å². The van der Waals surface area contributed by atoms with Crippen LogP contribution in [0.25, 0.3) is 22.4 Å². The van der Waals surface area contributed by atoms with Gasteiger partial charge in [0.15, 0.2) is 0 Å². The highest BCUT2D eigenvalue weighted by Gasteiger charge is 2.19. The number of fused-ring (bicyclic) bond motifs is 1. The second-order valence-electron chi connectivity index (χ2n) is 9.34. The van der Waals surface area contributed by atoms with Gasteiger partial charge in [-0.15, -0.1) is 0 Å². The molecule has 2 aromatic carbocycles. The smallest absolute Gasteiger partial charge is 0.142 e. The number of halogens is 1. The van der Waals surface area contributed by atoms with Crippen molar-refractivity contribution in [2.75, 3.05) is 37.6 Å². The van der Waals surface area contributed by atoms with Crippen LogP contribution in [0.1, 0.15) is 65.7 Å². The number of likely N-dealkylation sites (N-methyl/N-ethyl adjacent to an activating group) is 1. The van der Waals surface area contributed by atoms with Gasteiger partial charge >= 0.3 is 0 Å². The van der Waals surface area contributed by atoms with E-state index in [0.717, 1.165) is 60.2 Å². The molecule has 194 valence electrons. The van der Waals surface area contributed by atoms with E-state index in [-0.39, 0.29) is 6.15 Å². The summed E-state index contributed by atoms with van der Waals surface area (Å²) < 4.78 is 2.12. The molecule has 1 saturated heterocycles. The number of piperazine rings is 1. The molecule has 1 aromatic heterocycles. The molecule has 0 radical (unpaired) electrons. The van der Waals surface area contributed by atoms with E-state index in [1.165, 1.54) is 50.6 Å². The van der Waals surface area contributed by atoms with Crippen LogP contribution in [0.3, 0.4) is 0 Å². The summed E-state index contributed by atoms with van der Waals surface area (Å²) in [7, 11) is 2.05. The molecule has 3 aromatic rings. The Labute approximate surface area is 218 Å². The molecule has 3 N–H and O–H groups in total. The van der Waals surface area contributed by atoms with Crippen LogP contribution in [-0.2, 0) is 7.05 Å². The number of hydrogen-bond acceptors (Lipinski definition) is 4. The van der Waals surface area contributed by atoms with Crippen LogP contribution in [0, 0.1) is 0 Å².